The van der Waals surface area contributed by atoms with E-state index in [1.807, 2.05) is 19.9 Å². The molecule has 2 amide bonds. The minimum atomic E-state index is -0.385. The van der Waals surface area contributed by atoms with Crippen molar-refractivity contribution in [2.75, 3.05) is 6.54 Å². The van der Waals surface area contributed by atoms with Crippen LogP contribution >= 0.6 is 0 Å². The zero-order valence-electron chi connectivity index (χ0n) is 14.4. The number of carbonyl (C=O) groups is 2. The van der Waals surface area contributed by atoms with E-state index in [0.29, 0.717) is 23.9 Å². The number of aromatic nitrogens is 2. The Morgan fingerprint density at radius 2 is 2.08 bits per heavy atom. The van der Waals surface area contributed by atoms with Crippen LogP contribution in [0.3, 0.4) is 0 Å². The summed E-state index contributed by atoms with van der Waals surface area (Å²) in [4.78, 5) is 42.7. The van der Waals surface area contributed by atoms with Gasteiger partial charge >= 0.3 is 0 Å². The number of hydrogen-bond acceptors (Lipinski definition) is 4. The lowest BCUT2D eigenvalue weighted by atomic mass is 9.93. The van der Waals surface area contributed by atoms with Gasteiger partial charge in [-0.1, -0.05) is 12.1 Å². The van der Waals surface area contributed by atoms with Crippen LogP contribution in [0.4, 0.5) is 0 Å². The summed E-state index contributed by atoms with van der Waals surface area (Å²) >= 11 is 0. The molecule has 0 radical (unpaired) electrons. The lowest BCUT2D eigenvalue weighted by molar-refractivity contribution is -0.138. The summed E-state index contributed by atoms with van der Waals surface area (Å²) < 4.78 is 1.32. The van der Waals surface area contributed by atoms with E-state index < -0.39 is 0 Å². The molecule has 1 fully saturated rings. The number of nitrogens with two attached hydrogens (primary N) is 1. The van der Waals surface area contributed by atoms with Crippen molar-refractivity contribution in [3.8, 4) is 0 Å². The molecule has 7 nitrogen and oxygen atoms in total. The van der Waals surface area contributed by atoms with E-state index in [9.17, 15) is 14.4 Å². The van der Waals surface area contributed by atoms with Crippen molar-refractivity contribution in [2.45, 2.75) is 39.3 Å². The van der Waals surface area contributed by atoms with Crippen molar-refractivity contribution in [1.82, 2.24) is 14.5 Å². The molecule has 0 unspecified atom stereocenters. The first-order valence-corrected chi connectivity index (χ1v) is 8.42. The van der Waals surface area contributed by atoms with E-state index in [-0.39, 0.29) is 35.9 Å². The maximum absolute atomic E-state index is 12.7. The highest BCUT2D eigenvalue weighted by molar-refractivity contribution is 5.82. The molecule has 7 heteroatoms. The summed E-state index contributed by atoms with van der Waals surface area (Å²) in [7, 11) is 0. The van der Waals surface area contributed by atoms with Crippen LogP contribution < -0.4 is 11.3 Å². The first-order valence-electron chi connectivity index (χ1n) is 8.42. The van der Waals surface area contributed by atoms with Gasteiger partial charge in [0.25, 0.3) is 5.56 Å². The first kappa shape index (κ1) is 17.1. The molecule has 2 atom stereocenters. The van der Waals surface area contributed by atoms with E-state index in [0.717, 1.165) is 12.0 Å². The highest BCUT2D eigenvalue weighted by Gasteiger charge is 2.31. The monoisotopic (exact) mass is 342 g/mol. The normalized spacial score (nSPS) is 20.6. The Morgan fingerprint density at radius 1 is 1.32 bits per heavy atom. The fraction of sp³-hybridized carbons (Fsp3) is 0.444. The molecule has 25 heavy (non-hydrogen) atoms. The summed E-state index contributed by atoms with van der Waals surface area (Å²) in [5.74, 6) is -0.909. The lowest BCUT2D eigenvalue weighted by Crippen LogP contribution is -2.50. The molecule has 1 aliphatic heterocycles. The van der Waals surface area contributed by atoms with E-state index in [1.54, 1.807) is 17.0 Å². The van der Waals surface area contributed by atoms with Gasteiger partial charge in [-0.2, -0.15) is 0 Å². The van der Waals surface area contributed by atoms with E-state index in [1.165, 1.54) is 10.9 Å². The summed E-state index contributed by atoms with van der Waals surface area (Å²) in [6.45, 7) is 4.05. The molecule has 3 rings (SSSR count). The molecule has 0 spiro atoms. The van der Waals surface area contributed by atoms with Gasteiger partial charge in [-0.15, -0.1) is 0 Å². The number of primary amides is 1. The number of para-hydroxylation sites is 1. The van der Waals surface area contributed by atoms with Gasteiger partial charge in [0.15, 0.2) is 0 Å². The summed E-state index contributed by atoms with van der Waals surface area (Å²) in [5.41, 5.74) is 6.72. The number of nitrogens with zero attached hydrogens (tertiary/aromatic N) is 3. The average molecular weight is 342 g/mol. The van der Waals surface area contributed by atoms with Crippen LogP contribution in [0.2, 0.25) is 0 Å². The number of fused-ring (bicyclic) bond motifs is 1. The summed E-state index contributed by atoms with van der Waals surface area (Å²) in [6, 6.07) is 5.43. The molecular formula is C18H22N4O3. The third kappa shape index (κ3) is 3.26. The predicted octanol–water partition coefficient (Wildman–Crippen LogP) is 0.817. The van der Waals surface area contributed by atoms with E-state index >= 15 is 0 Å². The second kappa shape index (κ2) is 6.66. The number of benzene rings is 1. The molecule has 132 valence electrons. The van der Waals surface area contributed by atoms with Crippen LogP contribution in [0.25, 0.3) is 10.9 Å². The lowest BCUT2D eigenvalue weighted by Gasteiger charge is -2.37. The first-order chi connectivity index (χ1) is 11.9. The fourth-order valence-electron chi connectivity index (χ4n) is 3.37. The molecule has 0 aliphatic carbocycles. The second-order valence-electron chi connectivity index (χ2n) is 6.72. The van der Waals surface area contributed by atoms with Gasteiger partial charge in [-0.3, -0.25) is 19.0 Å². The van der Waals surface area contributed by atoms with Crippen LogP contribution in [0.5, 0.6) is 0 Å². The third-order valence-electron chi connectivity index (χ3n) is 4.97. The molecule has 2 aromatic rings. The Balaban J connectivity index is 1.85. The Morgan fingerprint density at radius 3 is 2.80 bits per heavy atom. The Hall–Kier alpha value is -2.70. The average Bonchev–Trinajstić information content (AvgIpc) is 2.58. The molecule has 1 saturated heterocycles. The molecule has 2 heterocycles. The van der Waals surface area contributed by atoms with Gasteiger partial charge in [0, 0.05) is 12.6 Å². The van der Waals surface area contributed by atoms with Gasteiger partial charge in [0.2, 0.25) is 11.8 Å². The Bertz CT molecular complexity index is 890. The number of aryl methyl sites for hydroxylation is 1. The molecule has 0 bridgehead atoms. The molecule has 1 aromatic carbocycles. The predicted molar refractivity (Wildman–Crippen MR) is 93.8 cm³/mol. The van der Waals surface area contributed by atoms with Crippen molar-refractivity contribution in [1.29, 1.82) is 0 Å². The van der Waals surface area contributed by atoms with E-state index in [2.05, 4.69) is 4.98 Å². The molecule has 2 N–H and O–H groups in total. The zero-order chi connectivity index (χ0) is 18.1. The number of amides is 2. The minimum Gasteiger partial charge on any atom is -0.369 e. The molecule has 1 aliphatic rings. The van der Waals surface area contributed by atoms with Crippen LogP contribution in [0.15, 0.2) is 29.3 Å². The van der Waals surface area contributed by atoms with Crippen molar-refractivity contribution in [3.05, 3.63) is 40.4 Å². The fourth-order valence-corrected chi connectivity index (χ4v) is 3.37. The standard InChI is InChI=1S/C18H22N4O3/c1-11-4-3-5-14-16(11)20-10-21(18(14)25)9-15(23)22-8-13(17(19)24)7-6-12(22)2/h3-5,10,12-13H,6-9H2,1-2H3,(H2,19,24)/t12-,13-/m0/s1. The number of piperidine rings is 1. The van der Waals surface area contributed by atoms with Gasteiger partial charge in [0.05, 0.1) is 23.1 Å². The largest absolute Gasteiger partial charge is 0.369 e. The smallest absolute Gasteiger partial charge is 0.261 e. The second-order valence-corrected chi connectivity index (χ2v) is 6.72. The van der Waals surface area contributed by atoms with Crippen LogP contribution in [0.1, 0.15) is 25.3 Å². The van der Waals surface area contributed by atoms with Crippen LogP contribution in [-0.4, -0.2) is 38.9 Å². The van der Waals surface area contributed by atoms with Crippen molar-refractivity contribution < 1.29 is 9.59 Å². The zero-order valence-corrected chi connectivity index (χ0v) is 14.4. The Kier molecular flexibility index (Phi) is 4.57. The van der Waals surface area contributed by atoms with Crippen molar-refractivity contribution in [2.24, 2.45) is 11.7 Å². The van der Waals surface area contributed by atoms with Crippen molar-refractivity contribution in [3.63, 3.8) is 0 Å². The highest BCUT2D eigenvalue weighted by Crippen LogP contribution is 2.22. The van der Waals surface area contributed by atoms with E-state index in [4.69, 9.17) is 5.73 Å². The third-order valence-corrected chi connectivity index (χ3v) is 4.97. The maximum Gasteiger partial charge on any atom is 0.261 e. The molecule has 0 saturated carbocycles. The SMILES string of the molecule is Cc1cccc2c(=O)n(CC(=O)N3C[C@@H](C(N)=O)CC[C@@H]3C)cnc12. The van der Waals surface area contributed by atoms with Gasteiger partial charge in [-0.25, -0.2) is 4.98 Å². The highest BCUT2D eigenvalue weighted by atomic mass is 16.2. The molecule has 1 aromatic heterocycles. The minimum absolute atomic E-state index is 0.0227. The summed E-state index contributed by atoms with van der Waals surface area (Å²) in [6.07, 6.45) is 2.83. The number of likely N-dealkylation sites (tertiary alicyclic amines) is 1. The maximum atomic E-state index is 12.7. The Labute approximate surface area is 145 Å². The number of rotatable bonds is 3. The van der Waals surface area contributed by atoms with Crippen LogP contribution in [0, 0.1) is 12.8 Å². The summed E-state index contributed by atoms with van der Waals surface area (Å²) in [5, 5.41) is 0.497. The van der Waals surface area contributed by atoms with Crippen molar-refractivity contribution >= 4 is 22.7 Å². The number of hydrogen-bond donors (Lipinski definition) is 1. The quantitative estimate of drug-likeness (QED) is 0.892. The van der Waals surface area contributed by atoms with Gasteiger partial charge in [0.1, 0.15) is 6.54 Å². The van der Waals surface area contributed by atoms with Crippen LogP contribution in [-0.2, 0) is 16.1 Å². The molecular weight excluding hydrogens is 320 g/mol. The topological polar surface area (TPSA) is 98.3 Å². The number of carbonyl (C=O) groups excluding carboxylic acids is 2. The van der Waals surface area contributed by atoms with Gasteiger partial charge in [-0.05, 0) is 38.3 Å². The van der Waals surface area contributed by atoms with Gasteiger partial charge < -0.3 is 10.6 Å².